The highest BCUT2D eigenvalue weighted by atomic mass is 16.5. The lowest BCUT2D eigenvalue weighted by Crippen LogP contribution is -2.38. The number of hydrogen-bond acceptors (Lipinski definition) is 5. The second-order valence-electron chi connectivity index (χ2n) is 6.02. The zero-order valence-corrected chi connectivity index (χ0v) is 15.5. The summed E-state index contributed by atoms with van der Waals surface area (Å²) < 4.78 is 15.7. The Balaban J connectivity index is 2.07. The molecule has 0 saturated heterocycles. The SMILES string of the molecule is COc1cc(C)c([C@@H](C)NC(=O)N(C)Cc2cc(C)on2)cc1OC. The van der Waals surface area contributed by atoms with Gasteiger partial charge in [0.15, 0.2) is 11.5 Å². The van der Waals surface area contributed by atoms with E-state index < -0.39 is 0 Å². The van der Waals surface area contributed by atoms with Gasteiger partial charge in [-0.3, -0.25) is 0 Å². The molecule has 1 atom stereocenters. The third kappa shape index (κ3) is 4.43. The van der Waals surface area contributed by atoms with Gasteiger partial charge in [-0.15, -0.1) is 0 Å². The van der Waals surface area contributed by atoms with Gasteiger partial charge in [-0.05, 0) is 44.0 Å². The minimum Gasteiger partial charge on any atom is -0.493 e. The Morgan fingerprint density at radius 2 is 1.88 bits per heavy atom. The Labute approximate surface area is 147 Å². The van der Waals surface area contributed by atoms with Gasteiger partial charge in [-0.25, -0.2) is 4.79 Å². The fraction of sp³-hybridized carbons (Fsp3) is 0.444. The molecule has 0 bridgehead atoms. The van der Waals surface area contributed by atoms with Gasteiger partial charge in [0.25, 0.3) is 0 Å². The molecule has 0 saturated carbocycles. The predicted molar refractivity (Wildman–Crippen MR) is 93.9 cm³/mol. The number of aryl methyl sites for hydroxylation is 2. The van der Waals surface area contributed by atoms with E-state index in [0.29, 0.717) is 23.7 Å². The zero-order valence-electron chi connectivity index (χ0n) is 15.5. The maximum Gasteiger partial charge on any atom is 0.317 e. The van der Waals surface area contributed by atoms with Crippen molar-refractivity contribution in [2.45, 2.75) is 33.4 Å². The monoisotopic (exact) mass is 347 g/mol. The molecule has 1 aromatic carbocycles. The topological polar surface area (TPSA) is 76.8 Å². The molecule has 0 aliphatic heterocycles. The van der Waals surface area contributed by atoms with E-state index in [0.717, 1.165) is 16.9 Å². The van der Waals surface area contributed by atoms with Crippen molar-refractivity contribution in [1.82, 2.24) is 15.4 Å². The van der Waals surface area contributed by atoms with E-state index >= 15 is 0 Å². The molecular weight excluding hydrogens is 322 g/mol. The van der Waals surface area contributed by atoms with Crippen LogP contribution in [0.1, 0.15) is 35.5 Å². The Kier molecular flexibility index (Phi) is 5.90. The number of ether oxygens (including phenoxy) is 2. The minimum atomic E-state index is -0.192. The van der Waals surface area contributed by atoms with Crippen LogP contribution in [0.3, 0.4) is 0 Å². The van der Waals surface area contributed by atoms with Gasteiger partial charge in [0.2, 0.25) is 0 Å². The minimum absolute atomic E-state index is 0.186. The summed E-state index contributed by atoms with van der Waals surface area (Å²) >= 11 is 0. The van der Waals surface area contributed by atoms with E-state index in [2.05, 4.69) is 10.5 Å². The normalized spacial score (nSPS) is 11.8. The molecule has 2 aromatic rings. The van der Waals surface area contributed by atoms with Crippen molar-refractivity contribution in [1.29, 1.82) is 0 Å². The Morgan fingerprint density at radius 1 is 1.24 bits per heavy atom. The standard InChI is InChI=1S/C18H25N3O4/c1-11-7-16(23-5)17(24-6)9-15(11)13(3)19-18(22)21(4)10-14-8-12(2)25-20-14/h7-9,13H,10H2,1-6H3,(H,19,22)/t13-/m1/s1. The first-order valence-corrected chi connectivity index (χ1v) is 8.02. The van der Waals surface area contributed by atoms with Gasteiger partial charge in [-0.1, -0.05) is 5.16 Å². The summed E-state index contributed by atoms with van der Waals surface area (Å²) in [6, 6.07) is 5.22. The third-order valence-electron chi connectivity index (χ3n) is 4.00. The van der Waals surface area contributed by atoms with Crippen molar-refractivity contribution < 1.29 is 18.8 Å². The van der Waals surface area contributed by atoms with Gasteiger partial charge in [0.1, 0.15) is 11.5 Å². The second-order valence-corrected chi connectivity index (χ2v) is 6.02. The predicted octanol–water partition coefficient (Wildman–Crippen LogP) is 3.21. The molecule has 1 heterocycles. The van der Waals surface area contributed by atoms with Crippen molar-refractivity contribution in [3.63, 3.8) is 0 Å². The smallest absolute Gasteiger partial charge is 0.317 e. The molecule has 2 amide bonds. The summed E-state index contributed by atoms with van der Waals surface area (Å²) in [6.45, 7) is 6.10. The lowest BCUT2D eigenvalue weighted by molar-refractivity contribution is 0.202. The summed E-state index contributed by atoms with van der Waals surface area (Å²) in [4.78, 5) is 14.0. The largest absolute Gasteiger partial charge is 0.493 e. The Hall–Kier alpha value is -2.70. The van der Waals surface area contributed by atoms with Crippen molar-refractivity contribution >= 4 is 6.03 Å². The van der Waals surface area contributed by atoms with Crippen molar-refractivity contribution in [2.24, 2.45) is 0 Å². The Morgan fingerprint density at radius 3 is 2.44 bits per heavy atom. The first-order valence-electron chi connectivity index (χ1n) is 8.02. The van der Waals surface area contributed by atoms with Gasteiger partial charge >= 0.3 is 6.03 Å². The number of carbonyl (C=O) groups is 1. The van der Waals surface area contributed by atoms with Crippen molar-refractivity contribution in [3.05, 3.63) is 40.8 Å². The molecule has 25 heavy (non-hydrogen) atoms. The van der Waals surface area contributed by atoms with Crippen LogP contribution < -0.4 is 14.8 Å². The van der Waals surface area contributed by atoms with Crippen LogP contribution in [0.25, 0.3) is 0 Å². The molecule has 7 heteroatoms. The van der Waals surface area contributed by atoms with Crippen LogP contribution in [0.5, 0.6) is 11.5 Å². The zero-order chi connectivity index (χ0) is 18.6. The quantitative estimate of drug-likeness (QED) is 0.868. The molecule has 136 valence electrons. The summed E-state index contributed by atoms with van der Waals surface area (Å²) in [5, 5.41) is 6.89. The summed E-state index contributed by atoms with van der Waals surface area (Å²) in [5.41, 5.74) is 2.70. The first kappa shape index (κ1) is 18.6. The van der Waals surface area contributed by atoms with Gasteiger partial charge < -0.3 is 24.2 Å². The highest BCUT2D eigenvalue weighted by molar-refractivity contribution is 5.74. The van der Waals surface area contributed by atoms with E-state index in [1.165, 1.54) is 0 Å². The number of aromatic nitrogens is 1. The molecular formula is C18H25N3O4. The second kappa shape index (κ2) is 7.92. The van der Waals surface area contributed by atoms with E-state index in [-0.39, 0.29) is 12.1 Å². The summed E-state index contributed by atoms with van der Waals surface area (Å²) in [5.74, 6) is 2.02. The average Bonchev–Trinajstić information content (AvgIpc) is 2.98. The number of hydrogen-bond donors (Lipinski definition) is 1. The highest BCUT2D eigenvalue weighted by Gasteiger charge is 2.18. The molecule has 0 fully saturated rings. The number of rotatable bonds is 6. The van der Waals surface area contributed by atoms with Gasteiger partial charge in [0.05, 0.1) is 26.8 Å². The van der Waals surface area contributed by atoms with E-state index in [1.54, 1.807) is 26.2 Å². The summed E-state index contributed by atoms with van der Waals surface area (Å²) in [7, 11) is 4.91. The van der Waals surface area contributed by atoms with Crippen LogP contribution in [-0.2, 0) is 6.54 Å². The van der Waals surface area contributed by atoms with Crippen molar-refractivity contribution in [3.8, 4) is 11.5 Å². The molecule has 0 radical (unpaired) electrons. The number of urea groups is 1. The van der Waals surface area contributed by atoms with Gasteiger partial charge in [-0.2, -0.15) is 0 Å². The Bertz CT molecular complexity index is 742. The molecule has 1 aromatic heterocycles. The number of nitrogens with one attached hydrogen (secondary N) is 1. The third-order valence-corrected chi connectivity index (χ3v) is 4.00. The van der Waals surface area contributed by atoms with Crippen LogP contribution in [0, 0.1) is 13.8 Å². The average molecular weight is 347 g/mol. The van der Waals surface area contributed by atoms with E-state index in [9.17, 15) is 4.79 Å². The molecule has 0 unspecified atom stereocenters. The number of carbonyl (C=O) groups excluding carboxylic acids is 1. The lowest BCUT2D eigenvalue weighted by atomic mass is 10.0. The summed E-state index contributed by atoms with van der Waals surface area (Å²) in [6.07, 6.45) is 0. The maximum absolute atomic E-state index is 12.4. The van der Waals surface area contributed by atoms with Crippen LogP contribution in [0.4, 0.5) is 4.79 Å². The molecule has 1 N–H and O–H groups in total. The number of nitrogens with zero attached hydrogens (tertiary/aromatic N) is 2. The van der Waals surface area contributed by atoms with E-state index in [4.69, 9.17) is 14.0 Å². The molecule has 0 aliphatic rings. The van der Waals surface area contributed by atoms with Crippen molar-refractivity contribution in [2.75, 3.05) is 21.3 Å². The molecule has 0 aliphatic carbocycles. The van der Waals surface area contributed by atoms with Crippen LogP contribution in [-0.4, -0.2) is 37.4 Å². The molecule has 2 rings (SSSR count). The highest BCUT2D eigenvalue weighted by Crippen LogP contribution is 2.32. The number of methoxy groups -OCH3 is 2. The fourth-order valence-corrected chi connectivity index (χ4v) is 2.64. The number of amides is 2. The molecule has 0 spiro atoms. The number of benzene rings is 1. The van der Waals surface area contributed by atoms with Crippen LogP contribution >= 0.6 is 0 Å². The lowest BCUT2D eigenvalue weighted by Gasteiger charge is -2.23. The van der Waals surface area contributed by atoms with Crippen LogP contribution in [0.15, 0.2) is 22.7 Å². The van der Waals surface area contributed by atoms with Crippen LogP contribution in [0.2, 0.25) is 0 Å². The first-order chi connectivity index (χ1) is 11.8. The fourth-order valence-electron chi connectivity index (χ4n) is 2.64. The maximum atomic E-state index is 12.4. The van der Waals surface area contributed by atoms with Gasteiger partial charge in [0, 0.05) is 13.1 Å². The molecule has 7 nitrogen and oxygen atoms in total. The van der Waals surface area contributed by atoms with E-state index in [1.807, 2.05) is 39.0 Å².